The van der Waals surface area contributed by atoms with Gasteiger partial charge in [-0.2, -0.15) is 0 Å². The number of aromatic amines is 1. The average molecular weight is 358 g/mol. The summed E-state index contributed by atoms with van der Waals surface area (Å²) in [7, 11) is -3.59. The van der Waals surface area contributed by atoms with Crippen LogP contribution in [0.4, 0.5) is 0 Å². The number of imidazole rings is 1. The van der Waals surface area contributed by atoms with Crippen LogP contribution in [0.2, 0.25) is 0 Å². The molecule has 0 amide bonds. The molecule has 2 rings (SSSR count). The summed E-state index contributed by atoms with van der Waals surface area (Å²) in [6.07, 6.45) is 1.99. The van der Waals surface area contributed by atoms with E-state index in [1.807, 2.05) is 31.2 Å². The Hall–Kier alpha value is -1.18. The van der Waals surface area contributed by atoms with Gasteiger partial charge in [0.15, 0.2) is 5.03 Å². The van der Waals surface area contributed by atoms with E-state index in [9.17, 15) is 8.42 Å². The third-order valence-electron chi connectivity index (χ3n) is 2.95. The Morgan fingerprint density at radius 2 is 2.00 bits per heavy atom. The van der Waals surface area contributed by atoms with E-state index in [-0.39, 0.29) is 11.1 Å². The lowest BCUT2D eigenvalue weighted by molar-refractivity contribution is 0.547. The minimum atomic E-state index is -3.59. The number of nitrogens with one attached hydrogen (secondary N) is 2. The highest BCUT2D eigenvalue weighted by Crippen LogP contribution is 2.21. The van der Waals surface area contributed by atoms with Gasteiger partial charge in [-0.15, -0.1) is 0 Å². The third-order valence-corrected chi connectivity index (χ3v) is 4.86. The van der Waals surface area contributed by atoms with Gasteiger partial charge in [0, 0.05) is 10.5 Å². The maximum atomic E-state index is 12.3. The van der Waals surface area contributed by atoms with Gasteiger partial charge in [-0.25, -0.2) is 18.1 Å². The van der Waals surface area contributed by atoms with E-state index in [1.165, 1.54) is 6.20 Å². The molecule has 0 aliphatic heterocycles. The molecule has 0 aliphatic carbocycles. The highest BCUT2D eigenvalue weighted by atomic mass is 79.9. The van der Waals surface area contributed by atoms with Crippen molar-refractivity contribution in [2.24, 2.45) is 0 Å². The first-order valence-corrected chi connectivity index (χ1v) is 8.49. The number of halogens is 1. The molecule has 0 fully saturated rings. The molecule has 7 heteroatoms. The fourth-order valence-electron chi connectivity index (χ4n) is 1.87. The fourth-order valence-corrected chi connectivity index (χ4v) is 3.41. The summed E-state index contributed by atoms with van der Waals surface area (Å²) in [5.74, 6) is 0.571. The number of sulfonamides is 1. The lowest BCUT2D eigenvalue weighted by atomic mass is 10.1. The largest absolute Gasteiger partial charge is 0.332 e. The first kappa shape index (κ1) is 15.2. The van der Waals surface area contributed by atoms with Crippen LogP contribution in [0.3, 0.4) is 0 Å². The quantitative estimate of drug-likeness (QED) is 0.863. The van der Waals surface area contributed by atoms with Crippen LogP contribution in [0.15, 0.2) is 40.0 Å². The molecule has 0 saturated carbocycles. The molecule has 1 unspecified atom stereocenters. The smallest absolute Gasteiger partial charge is 0.258 e. The molecule has 0 aliphatic rings. The predicted octanol–water partition coefficient (Wildman–Crippen LogP) is 2.91. The summed E-state index contributed by atoms with van der Waals surface area (Å²) < 4.78 is 28.2. The molecule has 5 nitrogen and oxygen atoms in total. The van der Waals surface area contributed by atoms with Crippen LogP contribution >= 0.6 is 15.9 Å². The molecule has 1 heterocycles. The number of benzene rings is 1. The zero-order chi connectivity index (χ0) is 14.8. The van der Waals surface area contributed by atoms with E-state index in [0.717, 1.165) is 10.0 Å². The highest BCUT2D eigenvalue weighted by molar-refractivity contribution is 9.10. The standard InChI is InChI=1S/C13H16BrN3O2S/c1-3-12(10-4-6-11(14)7-5-10)17-20(18,19)13-8-15-9(2)16-13/h4-8,12,17H,3H2,1-2H3,(H,15,16). The molecule has 108 valence electrons. The van der Waals surface area contributed by atoms with Gasteiger partial charge < -0.3 is 4.98 Å². The summed E-state index contributed by atoms with van der Waals surface area (Å²) in [6.45, 7) is 3.65. The lowest BCUT2D eigenvalue weighted by Gasteiger charge is -2.17. The number of aromatic nitrogens is 2. The van der Waals surface area contributed by atoms with Gasteiger partial charge >= 0.3 is 0 Å². The summed E-state index contributed by atoms with van der Waals surface area (Å²) in [5.41, 5.74) is 0.926. The second-order valence-electron chi connectivity index (χ2n) is 4.47. The Balaban J connectivity index is 2.24. The average Bonchev–Trinajstić information content (AvgIpc) is 2.85. The van der Waals surface area contributed by atoms with Crippen molar-refractivity contribution >= 4 is 26.0 Å². The van der Waals surface area contributed by atoms with Crippen molar-refractivity contribution in [1.82, 2.24) is 14.7 Å². The van der Waals surface area contributed by atoms with E-state index in [4.69, 9.17) is 0 Å². The number of hydrogen-bond acceptors (Lipinski definition) is 3. The van der Waals surface area contributed by atoms with Crippen LogP contribution in [0, 0.1) is 6.92 Å². The van der Waals surface area contributed by atoms with Crippen molar-refractivity contribution < 1.29 is 8.42 Å². The third kappa shape index (κ3) is 3.47. The molecule has 20 heavy (non-hydrogen) atoms. The molecule has 0 spiro atoms. The number of hydrogen-bond donors (Lipinski definition) is 2. The van der Waals surface area contributed by atoms with Crippen LogP contribution in [0.25, 0.3) is 0 Å². The molecule has 1 aromatic carbocycles. The van der Waals surface area contributed by atoms with E-state index in [1.54, 1.807) is 6.92 Å². The Labute approximate surface area is 127 Å². The van der Waals surface area contributed by atoms with E-state index >= 15 is 0 Å². The van der Waals surface area contributed by atoms with E-state index < -0.39 is 10.0 Å². The molecule has 0 radical (unpaired) electrons. The minimum absolute atomic E-state index is 0.0885. The number of rotatable bonds is 5. The van der Waals surface area contributed by atoms with Gasteiger partial charge in [0.1, 0.15) is 5.82 Å². The van der Waals surface area contributed by atoms with Crippen molar-refractivity contribution in [3.63, 3.8) is 0 Å². The Kier molecular flexibility index (Phi) is 4.62. The maximum Gasteiger partial charge on any atom is 0.258 e. The van der Waals surface area contributed by atoms with Crippen LogP contribution < -0.4 is 4.72 Å². The van der Waals surface area contributed by atoms with Crippen LogP contribution in [0.1, 0.15) is 30.8 Å². The molecule has 1 aromatic heterocycles. The van der Waals surface area contributed by atoms with Crippen LogP contribution in [0.5, 0.6) is 0 Å². The molecular weight excluding hydrogens is 342 g/mol. The predicted molar refractivity (Wildman–Crippen MR) is 80.8 cm³/mol. The summed E-state index contributed by atoms with van der Waals surface area (Å²) in [5, 5.41) is 0.0885. The summed E-state index contributed by atoms with van der Waals surface area (Å²) >= 11 is 3.37. The monoisotopic (exact) mass is 357 g/mol. The fraction of sp³-hybridized carbons (Fsp3) is 0.308. The van der Waals surface area contributed by atoms with Gasteiger partial charge in [0.2, 0.25) is 0 Å². The Morgan fingerprint density at radius 1 is 1.35 bits per heavy atom. The molecule has 1 atom stereocenters. The molecular formula is C13H16BrN3O2S. The van der Waals surface area contributed by atoms with Gasteiger partial charge in [0.25, 0.3) is 10.0 Å². The van der Waals surface area contributed by atoms with Crippen LogP contribution in [-0.4, -0.2) is 18.4 Å². The lowest BCUT2D eigenvalue weighted by Crippen LogP contribution is -2.28. The van der Waals surface area contributed by atoms with Gasteiger partial charge in [-0.3, -0.25) is 0 Å². The van der Waals surface area contributed by atoms with Crippen molar-refractivity contribution in [2.45, 2.75) is 31.3 Å². The summed E-state index contributed by atoms with van der Waals surface area (Å²) in [4.78, 5) is 6.66. The van der Waals surface area contributed by atoms with E-state index in [2.05, 4.69) is 30.6 Å². The second-order valence-corrected chi connectivity index (χ2v) is 7.06. The first-order chi connectivity index (χ1) is 9.42. The zero-order valence-electron chi connectivity index (χ0n) is 11.2. The normalized spacial score (nSPS) is 13.3. The van der Waals surface area contributed by atoms with Crippen molar-refractivity contribution in [2.75, 3.05) is 0 Å². The van der Waals surface area contributed by atoms with Crippen LogP contribution in [-0.2, 0) is 10.0 Å². The Morgan fingerprint density at radius 3 is 2.50 bits per heavy atom. The van der Waals surface area contributed by atoms with Crippen molar-refractivity contribution in [3.05, 3.63) is 46.3 Å². The Bertz CT molecular complexity index is 680. The zero-order valence-corrected chi connectivity index (χ0v) is 13.6. The van der Waals surface area contributed by atoms with Crippen molar-refractivity contribution in [3.8, 4) is 0 Å². The molecule has 2 aromatic rings. The van der Waals surface area contributed by atoms with Gasteiger partial charge in [0.05, 0.1) is 6.20 Å². The number of aryl methyl sites for hydroxylation is 1. The second kappa shape index (κ2) is 6.07. The number of H-pyrrole nitrogens is 1. The molecule has 0 bridgehead atoms. The molecule has 0 saturated heterocycles. The van der Waals surface area contributed by atoms with Gasteiger partial charge in [-0.05, 0) is 31.0 Å². The first-order valence-electron chi connectivity index (χ1n) is 6.22. The maximum absolute atomic E-state index is 12.3. The summed E-state index contributed by atoms with van der Waals surface area (Å²) in [6, 6.07) is 7.33. The van der Waals surface area contributed by atoms with Crippen molar-refractivity contribution in [1.29, 1.82) is 0 Å². The van der Waals surface area contributed by atoms with Gasteiger partial charge in [-0.1, -0.05) is 35.0 Å². The molecule has 2 N–H and O–H groups in total. The van der Waals surface area contributed by atoms with E-state index in [0.29, 0.717) is 12.2 Å². The SMILES string of the molecule is CCC(NS(=O)(=O)c1cnc(C)[nH]1)c1ccc(Br)cc1. The highest BCUT2D eigenvalue weighted by Gasteiger charge is 2.21. The topological polar surface area (TPSA) is 74.8 Å². The minimum Gasteiger partial charge on any atom is -0.332 e. The number of nitrogens with zero attached hydrogens (tertiary/aromatic N) is 1.